The smallest absolute Gasteiger partial charge is 0.200 e. The number of methoxy groups -OCH3 is 2. The van der Waals surface area contributed by atoms with Gasteiger partial charge in [-0.1, -0.05) is 0 Å². The maximum Gasteiger partial charge on any atom is 0.200 e. The van der Waals surface area contributed by atoms with Crippen molar-refractivity contribution in [3.05, 3.63) is 46.1 Å². The van der Waals surface area contributed by atoms with Gasteiger partial charge in [0.25, 0.3) is 0 Å². The van der Waals surface area contributed by atoms with Crippen LogP contribution in [0.5, 0.6) is 11.5 Å². The molecule has 3 aromatic rings. The molecule has 0 saturated carbocycles. The Kier molecular flexibility index (Phi) is 2.86. The highest BCUT2D eigenvalue weighted by Gasteiger charge is 2.12. The zero-order chi connectivity index (χ0) is 14.3. The molecule has 0 saturated heterocycles. The van der Waals surface area contributed by atoms with Crippen LogP contribution in [0, 0.1) is 6.92 Å². The minimum Gasteiger partial charge on any atom is -0.497 e. The molecule has 0 aliphatic heterocycles. The van der Waals surface area contributed by atoms with Crippen molar-refractivity contribution < 1.29 is 13.9 Å². The van der Waals surface area contributed by atoms with Gasteiger partial charge >= 0.3 is 0 Å². The van der Waals surface area contributed by atoms with Gasteiger partial charge in [0.2, 0.25) is 5.43 Å². The summed E-state index contributed by atoms with van der Waals surface area (Å²) in [5, 5.41) is 1.06. The molecule has 102 valence electrons. The third-order valence-corrected chi connectivity index (χ3v) is 3.46. The summed E-state index contributed by atoms with van der Waals surface area (Å²) in [6.07, 6.45) is 0. The first-order valence-corrected chi connectivity index (χ1v) is 6.24. The van der Waals surface area contributed by atoms with Crippen LogP contribution in [0.15, 0.2) is 39.5 Å². The molecule has 4 nitrogen and oxygen atoms in total. The van der Waals surface area contributed by atoms with Crippen LogP contribution in [0.1, 0.15) is 5.56 Å². The molecule has 3 rings (SSSR count). The van der Waals surface area contributed by atoms with Crippen molar-refractivity contribution in [2.45, 2.75) is 6.92 Å². The van der Waals surface area contributed by atoms with Crippen LogP contribution in [-0.2, 0) is 0 Å². The molecular formula is C16H14O4. The zero-order valence-corrected chi connectivity index (χ0v) is 11.5. The molecule has 0 N–H and O–H groups in total. The maximum atomic E-state index is 12.6. The molecule has 0 fully saturated rings. The van der Waals surface area contributed by atoms with E-state index in [1.54, 1.807) is 44.6 Å². The summed E-state index contributed by atoms with van der Waals surface area (Å²) in [5.41, 5.74) is 1.86. The molecule has 0 atom stereocenters. The first-order valence-electron chi connectivity index (χ1n) is 6.24. The van der Waals surface area contributed by atoms with Crippen molar-refractivity contribution in [2.75, 3.05) is 14.2 Å². The molecule has 0 amide bonds. The minimum atomic E-state index is -0.0640. The van der Waals surface area contributed by atoms with Gasteiger partial charge in [0, 0.05) is 5.56 Å². The van der Waals surface area contributed by atoms with E-state index in [2.05, 4.69) is 0 Å². The molecule has 0 aliphatic rings. The molecule has 0 unspecified atom stereocenters. The summed E-state index contributed by atoms with van der Waals surface area (Å²) in [4.78, 5) is 12.6. The van der Waals surface area contributed by atoms with Crippen LogP contribution in [-0.4, -0.2) is 14.2 Å². The maximum absolute atomic E-state index is 12.6. The lowest BCUT2D eigenvalue weighted by atomic mass is 10.1. The fraction of sp³-hybridized carbons (Fsp3) is 0.188. The van der Waals surface area contributed by atoms with E-state index in [4.69, 9.17) is 13.9 Å². The van der Waals surface area contributed by atoms with E-state index in [9.17, 15) is 4.79 Å². The minimum absolute atomic E-state index is 0.0640. The topological polar surface area (TPSA) is 48.7 Å². The monoisotopic (exact) mass is 270 g/mol. The lowest BCUT2D eigenvalue weighted by molar-refractivity contribution is 0.411. The third kappa shape index (κ3) is 1.72. The molecule has 0 radical (unpaired) electrons. The van der Waals surface area contributed by atoms with Gasteiger partial charge in [-0.2, -0.15) is 0 Å². The van der Waals surface area contributed by atoms with Gasteiger partial charge < -0.3 is 13.9 Å². The lowest BCUT2D eigenvalue weighted by Gasteiger charge is -2.08. The van der Waals surface area contributed by atoms with E-state index >= 15 is 0 Å². The molecule has 2 aromatic carbocycles. The van der Waals surface area contributed by atoms with Gasteiger partial charge in [0.05, 0.1) is 25.0 Å². The Morgan fingerprint density at radius 3 is 2.50 bits per heavy atom. The van der Waals surface area contributed by atoms with Crippen molar-refractivity contribution in [1.29, 1.82) is 0 Å². The molecule has 0 aliphatic carbocycles. The van der Waals surface area contributed by atoms with E-state index in [0.717, 1.165) is 5.56 Å². The largest absolute Gasteiger partial charge is 0.497 e. The number of hydrogen-bond acceptors (Lipinski definition) is 4. The summed E-state index contributed by atoms with van der Waals surface area (Å²) in [6.45, 7) is 1.87. The van der Waals surface area contributed by atoms with E-state index < -0.39 is 0 Å². The Balaban J connectivity index is 2.47. The number of ether oxygens (including phenoxy) is 2. The molecular weight excluding hydrogens is 256 g/mol. The quantitative estimate of drug-likeness (QED) is 0.670. The molecule has 1 heterocycles. The van der Waals surface area contributed by atoms with Crippen molar-refractivity contribution >= 4 is 21.9 Å². The number of hydrogen-bond donors (Lipinski definition) is 0. The summed E-state index contributed by atoms with van der Waals surface area (Å²) in [5.74, 6) is 1.34. The second kappa shape index (κ2) is 4.56. The van der Waals surface area contributed by atoms with Gasteiger partial charge in [-0.3, -0.25) is 4.79 Å². The van der Waals surface area contributed by atoms with Gasteiger partial charge in [-0.15, -0.1) is 0 Å². The predicted molar refractivity (Wildman–Crippen MR) is 77.8 cm³/mol. The Morgan fingerprint density at radius 1 is 1.00 bits per heavy atom. The normalized spacial score (nSPS) is 10.9. The Labute approximate surface area is 115 Å². The highest BCUT2D eigenvalue weighted by Crippen LogP contribution is 2.29. The second-order valence-electron chi connectivity index (χ2n) is 4.56. The van der Waals surface area contributed by atoms with E-state index in [0.29, 0.717) is 33.4 Å². The van der Waals surface area contributed by atoms with Crippen LogP contribution in [0.4, 0.5) is 0 Å². The van der Waals surface area contributed by atoms with E-state index in [1.165, 1.54) is 0 Å². The van der Waals surface area contributed by atoms with E-state index in [-0.39, 0.29) is 5.43 Å². The molecule has 0 bridgehead atoms. The second-order valence-corrected chi connectivity index (χ2v) is 4.56. The van der Waals surface area contributed by atoms with Crippen molar-refractivity contribution in [2.24, 2.45) is 0 Å². The van der Waals surface area contributed by atoms with Crippen LogP contribution < -0.4 is 14.9 Å². The van der Waals surface area contributed by atoms with Crippen molar-refractivity contribution in [3.8, 4) is 11.5 Å². The SMILES string of the molecule is COc1ccc2oc3c(C)c(OC)ccc3c(=O)c2c1. The van der Waals surface area contributed by atoms with Crippen molar-refractivity contribution in [1.82, 2.24) is 0 Å². The molecule has 4 heteroatoms. The molecule has 0 spiro atoms. The number of rotatable bonds is 2. The van der Waals surface area contributed by atoms with Crippen molar-refractivity contribution in [3.63, 3.8) is 0 Å². The van der Waals surface area contributed by atoms with Crippen LogP contribution in [0.25, 0.3) is 21.9 Å². The average molecular weight is 270 g/mol. The molecule has 1 aromatic heterocycles. The molecule has 20 heavy (non-hydrogen) atoms. The Bertz CT molecular complexity index is 862. The zero-order valence-electron chi connectivity index (χ0n) is 11.5. The number of aryl methyl sites for hydroxylation is 1. The third-order valence-electron chi connectivity index (χ3n) is 3.46. The summed E-state index contributed by atoms with van der Waals surface area (Å²) >= 11 is 0. The van der Waals surface area contributed by atoms with E-state index in [1.807, 2.05) is 6.92 Å². The Hall–Kier alpha value is -2.49. The summed E-state index contributed by atoms with van der Waals surface area (Å²) < 4.78 is 16.3. The van der Waals surface area contributed by atoms with Crippen LogP contribution >= 0.6 is 0 Å². The predicted octanol–water partition coefficient (Wildman–Crippen LogP) is 3.27. The first kappa shape index (κ1) is 12.5. The average Bonchev–Trinajstić information content (AvgIpc) is 2.48. The van der Waals surface area contributed by atoms with Gasteiger partial charge in [0.15, 0.2) is 0 Å². The summed E-state index contributed by atoms with van der Waals surface area (Å²) in [7, 11) is 3.16. The van der Waals surface area contributed by atoms with Crippen LogP contribution in [0.3, 0.4) is 0 Å². The standard InChI is InChI=1S/C16H14O4/c1-9-13(19-3)7-5-11-15(17)12-8-10(18-2)4-6-14(12)20-16(9)11/h4-8H,1-3H3. The fourth-order valence-corrected chi connectivity index (χ4v) is 2.36. The van der Waals surface area contributed by atoms with Gasteiger partial charge in [0.1, 0.15) is 22.7 Å². The van der Waals surface area contributed by atoms with Gasteiger partial charge in [-0.05, 0) is 37.3 Å². The van der Waals surface area contributed by atoms with Gasteiger partial charge in [-0.25, -0.2) is 0 Å². The highest BCUT2D eigenvalue weighted by molar-refractivity contribution is 5.92. The highest BCUT2D eigenvalue weighted by atomic mass is 16.5. The summed E-state index contributed by atoms with van der Waals surface area (Å²) in [6, 6.07) is 8.72. The number of benzene rings is 2. The number of fused-ring (bicyclic) bond motifs is 2. The fourth-order valence-electron chi connectivity index (χ4n) is 2.36. The first-order chi connectivity index (χ1) is 9.65. The lowest BCUT2D eigenvalue weighted by Crippen LogP contribution is -2.03. The Morgan fingerprint density at radius 2 is 1.80 bits per heavy atom. The van der Waals surface area contributed by atoms with Crippen LogP contribution in [0.2, 0.25) is 0 Å².